The van der Waals surface area contributed by atoms with Gasteiger partial charge in [0.15, 0.2) is 0 Å². The van der Waals surface area contributed by atoms with Crippen LogP contribution in [0.5, 0.6) is 0 Å². The fourth-order valence-corrected chi connectivity index (χ4v) is 2.91. The van der Waals surface area contributed by atoms with Gasteiger partial charge < -0.3 is 5.73 Å². The summed E-state index contributed by atoms with van der Waals surface area (Å²) >= 11 is 1.48. The molecule has 0 aliphatic carbocycles. The van der Waals surface area contributed by atoms with Crippen molar-refractivity contribution in [2.45, 2.75) is 19.9 Å². The third-order valence-electron chi connectivity index (χ3n) is 2.39. The average molecular weight is 209 g/mol. The molecule has 0 radical (unpaired) electrons. The largest absolute Gasteiger partial charge is 0.326 e. The molecule has 0 aliphatic rings. The highest BCUT2D eigenvalue weighted by Gasteiger charge is 2.11. The molecule has 2 N–H and O–H groups in total. The molecular weight excluding hydrogens is 197 g/mol. The first-order valence-electron chi connectivity index (χ1n) is 4.66. The van der Waals surface area contributed by atoms with Crippen LogP contribution < -0.4 is 5.73 Å². The Morgan fingerprint density at radius 3 is 2.86 bits per heavy atom. The molecule has 3 heteroatoms. The standard InChI is InChI=1S/C11H12FNS/c1-2-7-8-4-3-5-9(12)11(8)14-10(7)6-13/h3-5H,2,6,13H2,1H3. The highest BCUT2D eigenvalue weighted by Crippen LogP contribution is 2.33. The van der Waals surface area contributed by atoms with Crippen molar-refractivity contribution in [2.24, 2.45) is 5.73 Å². The Labute approximate surface area is 86.4 Å². The predicted octanol–water partition coefficient (Wildman–Crippen LogP) is 3.06. The Bertz CT molecular complexity index is 462. The molecule has 0 bridgehead atoms. The zero-order valence-electron chi connectivity index (χ0n) is 8.01. The molecule has 1 aromatic carbocycles. The van der Waals surface area contributed by atoms with Gasteiger partial charge in [0.2, 0.25) is 0 Å². The van der Waals surface area contributed by atoms with Crippen LogP contribution in [-0.2, 0) is 13.0 Å². The zero-order chi connectivity index (χ0) is 10.1. The number of fused-ring (bicyclic) bond motifs is 1. The minimum Gasteiger partial charge on any atom is -0.326 e. The first-order valence-corrected chi connectivity index (χ1v) is 5.48. The monoisotopic (exact) mass is 209 g/mol. The second-order valence-electron chi connectivity index (χ2n) is 3.18. The molecule has 0 amide bonds. The SMILES string of the molecule is CCc1c(CN)sc2c(F)cccc12. The van der Waals surface area contributed by atoms with E-state index in [1.165, 1.54) is 23.0 Å². The van der Waals surface area contributed by atoms with Crippen LogP contribution in [0.25, 0.3) is 10.1 Å². The Morgan fingerprint density at radius 1 is 1.43 bits per heavy atom. The number of aryl methyl sites for hydroxylation is 1. The molecule has 0 spiro atoms. The summed E-state index contributed by atoms with van der Waals surface area (Å²) < 4.78 is 14.2. The lowest BCUT2D eigenvalue weighted by molar-refractivity contribution is 0.641. The van der Waals surface area contributed by atoms with E-state index in [-0.39, 0.29) is 5.82 Å². The second kappa shape index (κ2) is 3.67. The lowest BCUT2D eigenvalue weighted by Gasteiger charge is -1.97. The van der Waals surface area contributed by atoms with Gasteiger partial charge in [-0.2, -0.15) is 0 Å². The predicted molar refractivity (Wildman–Crippen MR) is 59.1 cm³/mol. The Morgan fingerprint density at radius 2 is 2.21 bits per heavy atom. The van der Waals surface area contributed by atoms with Gasteiger partial charge in [0, 0.05) is 11.4 Å². The van der Waals surface area contributed by atoms with Crippen molar-refractivity contribution in [3.05, 3.63) is 34.5 Å². The summed E-state index contributed by atoms with van der Waals surface area (Å²) in [5.41, 5.74) is 6.83. The van der Waals surface area contributed by atoms with Gasteiger partial charge in [-0.15, -0.1) is 11.3 Å². The maximum atomic E-state index is 13.4. The average Bonchev–Trinajstić information content (AvgIpc) is 2.57. The number of rotatable bonds is 2. The molecule has 0 unspecified atom stereocenters. The number of thiophene rings is 1. The van der Waals surface area contributed by atoms with Crippen molar-refractivity contribution in [1.29, 1.82) is 0 Å². The number of nitrogens with two attached hydrogens (primary N) is 1. The quantitative estimate of drug-likeness (QED) is 0.808. The normalized spacial score (nSPS) is 11.1. The summed E-state index contributed by atoms with van der Waals surface area (Å²) in [7, 11) is 0. The van der Waals surface area contributed by atoms with E-state index in [1.807, 2.05) is 6.07 Å². The Kier molecular flexibility index (Phi) is 2.52. The van der Waals surface area contributed by atoms with Gasteiger partial charge >= 0.3 is 0 Å². The number of benzene rings is 1. The third-order valence-corrected chi connectivity index (χ3v) is 3.67. The highest BCUT2D eigenvalue weighted by molar-refractivity contribution is 7.19. The summed E-state index contributed by atoms with van der Waals surface area (Å²) in [6.45, 7) is 2.58. The first kappa shape index (κ1) is 9.62. The van der Waals surface area contributed by atoms with Gasteiger partial charge in [0.1, 0.15) is 5.82 Å². The first-order chi connectivity index (χ1) is 6.77. The van der Waals surface area contributed by atoms with Crippen LogP contribution in [0.2, 0.25) is 0 Å². The maximum absolute atomic E-state index is 13.4. The number of hydrogen-bond acceptors (Lipinski definition) is 2. The van der Waals surface area contributed by atoms with Crippen LogP contribution >= 0.6 is 11.3 Å². The molecule has 2 aromatic rings. The molecule has 0 saturated carbocycles. The van der Waals surface area contributed by atoms with E-state index in [4.69, 9.17) is 5.73 Å². The molecular formula is C11H12FNS. The van der Waals surface area contributed by atoms with Gasteiger partial charge in [0.25, 0.3) is 0 Å². The summed E-state index contributed by atoms with van der Waals surface area (Å²) in [5, 5.41) is 1.03. The lowest BCUT2D eigenvalue weighted by atomic mass is 10.1. The van der Waals surface area contributed by atoms with Gasteiger partial charge in [-0.3, -0.25) is 0 Å². The highest BCUT2D eigenvalue weighted by atomic mass is 32.1. The summed E-state index contributed by atoms with van der Waals surface area (Å²) in [6, 6.07) is 5.22. The van der Waals surface area contributed by atoms with E-state index in [2.05, 4.69) is 6.92 Å². The van der Waals surface area contributed by atoms with Gasteiger partial charge in [-0.05, 0) is 23.4 Å². The molecule has 2 rings (SSSR count). The van der Waals surface area contributed by atoms with Gasteiger partial charge in [-0.1, -0.05) is 19.1 Å². The lowest BCUT2D eigenvalue weighted by Crippen LogP contribution is -1.96. The minimum atomic E-state index is -0.137. The van der Waals surface area contributed by atoms with E-state index >= 15 is 0 Å². The number of hydrogen-bond donors (Lipinski definition) is 1. The van der Waals surface area contributed by atoms with Crippen molar-refractivity contribution >= 4 is 21.4 Å². The molecule has 1 nitrogen and oxygen atoms in total. The number of halogens is 1. The van der Waals surface area contributed by atoms with Crippen LogP contribution in [0.15, 0.2) is 18.2 Å². The molecule has 1 aromatic heterocycles. The molecule has 0 fully saturated rings. The molecule has 1 heterocycles. The smallest absolute Gasteiger partial charge is 0.141 e. The van der Waals surface area contributed by atoms with Crippen molar-refractivity contribution in [1.82, 2.24) is 0 Å². The summed E-state index contributed by atoms with van der Waals surface area (Å²) in [6.07, 6.45) is 0.913. The van der Waals surface area contributed by atoms with Crippen LogP contribution in [0.1, 0.15) is 17.4 Å². The van der Waals surface area contributed by atoms with E-state index in [0.29, 0.717) is 6.54 Å². The van der Waals surface area contributed by atoms with Crippen LogP contribution in [0, 0.1) is 5.82 Å². The van der Waals surface area contributed by atoms with E-state index in [9.17, 15) is 4.39 Å². The topological polar surface area (TPSA) is 26.0 Å². The Hall–Kier alpha value is -0.930. The fraction of sp³-hybridized carbons (Fsp3) is 0.273. The third kappa shape index (κ3) is 1.33. The molecule has 0 saturated heterocycles. The van der Waals surface area contributed by atoms with Gasteiger partial charge in [0.05, 0.1) is 4.70 Å². The van der Waals surface area contributed by atoms with Crippen molar-refractivity contribution in [3.63, 3.8) is 0 Å². The van der Waals surface area contributed by atoms with E-state index in [0.717, 1.165) is 21.4 Å². The van der Waals surface area contributed by atoms with Crippen LogP contribution in [-0.4, -0.2) is 0 Å². The maximum Gasteiger partial charge on any atom is 0.141 e. The van der Waals surface area contributed by atoms with E-state index < -0.39 is 0 Å². The van der Waals surface area contributed by atoms with Gasteiger partial charge in [-0.25, -0.2) is 4.39 Å². The second-order valence-corrected chi connectivity index (χ2v) is 4.28. The fourth-order valence-electron chi connectivity index (χ4n) is 1.74. The molecule has 0 aliphatic heterocycles. The van der Waals surface area contributed by atoms with Crippen LogP contribution in [0.4, 0.5) is 4.39 Å². The molecule has 0 atom stereocenters. The van der Waals surface area contributed by atoms with Crippen LogP contribution in [0.3, 0.4) is 0 Å². The van der Waals surface area contributed by atoms with E-state index in [1.54, 1.807) is 6.07 Å². The Balaban J connectivity index is 2.79. The van der Waals surface area contributed by atoms with Crippen molar-refractivity contribution in [2.75, 3.05) is 0 Å². The molecule has 14 heavy (non-hydrogen) atoms. The minimum absolute atomic E-state index is 0.137. The molecule has 74 valence electrons. The summed E-state index contributed by atoms with van der Waals surface area (Å²) in [5.74, 6) is -0.137. The van der Waals surface area contributed by atoms with Crippen molar-refractivity contribution < 1.29 is 4.39 Å². The van der Waals surface area contributed by atoms with Crippen molar-refractivity contribution in [3.8, 4) is 0 Å². The zero-order valence-corrected chi connectivity index (χ0v) is 8.83. The summed E-state index contributed by atoms with van der Waals surface area (Å²) in [4.78, 5) is 1.10.